The Labute approximate surface area is 119 Å². The fraction of sp³-hybridized carbons (Fsp3) is 0.500. The van der Waals surface area contributed by atoms with Crippen LogP contribution >= 0.6 is 0 Å². The highest BCUT2D eigenvalue weighted by Gasteiger charge is 2.30. The van der Waals surface area contributed by atoms with Gasteiger partial charge in [-0.1, -0.05) is 0 Å². The highest BCUT2D eigenvalue weighted by Crippen LogP contribution is 2.24. The Bertz CT molecular complexity index is 554. The number of rotatable bonds is 2. The maximum atomic E-state index is 13.6. The normalized spacial score (nSPS) is 17.9. The molecule has 0 aromatic heterocycles. The number of aliphatic hydroxyl groups is 1. The number of carbonyl (C=O) groups is 1. The Hall–Kier alpha value is -1.63. The minimum absolute atomic E-state index is 0.0283. The van der Waals surface area contributed by atoms with Gasteiger partial charge in [0.2, 0.25) is 0 Å². The zero-order chi connectivity index (χ0) is 15.7. The van der Waals surface area contributed by atoms with E-state index < -0.39 is 40.8 Å². The molecule has 1 unspecified atom stereocenters. The second-order valence-electron chi connectivity index (χ2n) is 5.22. The summed E-state index contributed by atoms with van der Waals surface area (Å²) in [6.07, 6.45) is 0.508. The van der Waals surface area contributed by atoms with Crippen LogP contribution in [0.15, 0.2) is 6.07 Å². The van der Waals surface area contributed by atoms with E-state index in [0.29, 0.717) is 18.9 Å². The summed E-state index contributed by atoms with van der Waals surface area (Å²) in [5, 5.41) is 9.46. The Morgan fingerprint density at radius 2 is 1.76 bits per heavy atom. The van der Waals surface area contributed by atoms with Gasteiger partial charge in [-0.2, -0.15) is 0 Å². The number of aliphatic hydroxyl groups excluding tert-OH is 1. The highest BCUT2D eigenvalue weighted by molar-refractivity contribution is 5.94. The zero-order valence-electron chi connectivity index (χ0n) is 11.4. The number of halogens is 4. The quantitative estimate of drug-likeness (QED) is 0.518. The Morgan fingerprint density at radius 3 is 2.29 bits per heavy atom. The van der Waals surface area contributed by atoms with Crippen molar-refractivity contribution in [3.05, 3.63) is 34.9 Å². The lowest BCUT2D eigenvalue weighted by molar-refractivity contribution is 0.0516. The molecule has 116 valence electrons. The Kier molecular flexibility index (Phi) is 4.51. The summed E-state index contributed by atoms with van der Waals surface area (Å²) in [6, 6.07) is 0.372. The lowest BCUT2D eigenvalue weighted by Gasteiger charge is -2.33. The van der Waals surface area contributed by atoms with Crippen molar-refractivity contribution in [2.45, 2.75) is 25.9 Å². The van der Waals surface area contributed by atoms with Gasteiger partial charge < -0.3 is 10.0 Å². The molecule has 0 bridgehead atoms. The molecule has 1 aliphatic heterocycles. The van der Waals surface area contributed by atoms with Crippen LogP contribution in [0.2, 0.25) is 0 Å². The van der Waals surface area contributed by atoms with Gasteiger partial charge in [0.15, 0.2) is 23.3 Å². The first kappa shape index (κ1) is 15.8. The number of carbonyl (C=O) groups excluding carboxylic acids is 1. The van der Waals surface area contributed by atoms with Crippen LogP contribution in [0.3, 0.4) is 0 Å². The second kappa shape index (κ2) is 6.01. The van der Waals surface area contributed by atoms with Gasteiger partial charge in [-0.15, -0.1) is 0 Å². The zero-order valence-corrected chi connectivity index (χ0v) is 11.4. The van der Waals surface area contributed by atoms with Crippen molar-refractivity contribution in [3.63, 3.8) is 0 Å². The van der Waals surface area contributed by atoms with E-state index in [1.165, 1.54) is 4.90 Å². The molecule has 1 fully saturated rings. The molecule has 0 radical (unpaired) electrons. The Morgan fingerprint density at radius 1 is 1.19 bits per heavy atom. The van der Waals surface area contributed by atoms with Crippen molar-refractivity contribution >= 4 is 5.91 Å². The minimum atomic E-state index is -1.99. The van der Waals surface area contributed by atoms with Crippen molar-refractivity contribution in [1.82, 2.24) is 4.90 Å². The fourth-order valence-electron chi connectivity index (χ4n) is 2.48. The van der Waals surface area contributed by atoms with Crippen molar-refractivity contribution in [3.8, 4) is 0 Å². The van der Waals surface area contributed by atoms with E-state index in [1.54, 1.807) is 6.92 Å². The van der Waals surface area contributed by atoms with Crippen LogP contribution in [0.1, 0.15) is 30.1 Å². The van der Waals surface area contributed by atoms with Crippen LogP contribution in [0.25, 0.3) is 0 Å². The standard InChI is InChI=1S/C14H15F4NO2/c1-7(20)8-2-4-19(5-3-8)14(21)9-6-10(15)12(17)13(18)11(9)16/h6-8,20H,2-5H2,1H3. The molecule has 1 aromatic rings. The summed E-state index contributed by atoms with van der Waals surface area (Å²) in [5.41, 5.74) is -0.818. The van der Waals surface area contributed by atoms with Crippen LogP contribution in [0, 0.1) is 29.2 Å². The van der Waals surface area contributed by atoms with Gasteiger partial charge >= 0.3 is 0 Å². The van der Waals surface area contributed by atoms with Gasteiger partial charge in [-0.25, -0.2) is 17.6 Å². The number of piperidine rings is 1. The van der Waals surface area contributed by atoms with Crippen LogP contribution in [0.5, 0.6) is 0 Å². The third-order valence-corrected chi connectivity index (χ3v) is 3.84. The van der Waals surface area contributed by atoms with Crippen LogP contribution in [-0.4, -0.2) is 35.1 Å². The lowest BCUT2D eigenvalue weighted by atomic mass is 9.92. The predicted octanol–water partition coefficient (Wildman–Crippen LogP) is 2.48. The van der Waals surface area contributed by atoms with E-state index in [1.807, 2.05) is 0 Å². The van der Waals surface area contributed by atoms with Crippen molar-refractivity contribution in [2.75, 3.05) is 13.1 Å². The summed E-state index contributed by atoms with van der Waals surface area (Å²) < 4.78 is 52.7. The third-order valence-electron chi connectivity index (χ3n) is 3.84. The lowest BCUT2D eigenvalue weighted by Crippen LogP contribution is -2.41. The minimum Gasteiger partial charge on any atom is -0.393 e. The molecule has 1 atom stereocenters. The number of hydrogen-bond donors (Lipinski definition) is 1. The molecule has 0 spiro atoms. The largest absolute Gasteiger partial charge is 0.393 e. The first-order valence-corrected chi connectivity index (χ1v) is 6.63. The molecule has 1 N–H and O–H groups in total. The molecule has 1 heterocycles. The topological polar surface area (TPSA) is 40.5 Å². The fourth-order valence-corrected chi connectivity index (χ4v) is 2.48. The maximum Gasteiger partial charge on any atom is 0.257 e. The summed E-state index contributed by atoms with van der Waals surface area (Å²) in [6.45, 7) is 2.13. The van der Waals surface area contributed by atoms with E-state index >= 15 is 0 Å². The van der Waals surface area contributed by atoms with Crippen molar-refractivity contribution < 1.29 is 27.5 Å². The third kappa shape index (κ3) is 3.02. The monoisotopic (exact) mass is 305 g/mol. The molecule has 2 rings (SSSR count). The summed E-state index contributed by atoms with van der Waals surface area (Å²) in [7, 11) is 0. The first-order valence-electron chi connectivity index (χ1n) is 6.63. The van der Waals surface area contributed by atoms with E-state index in [4.69, 9.17) is 0 Å². The molecular weight excluding hydrogens is 290 g/mol. The molecule has 0 aliphatic carbocycles. The molecular formula is C14H15F4NO2. The van der Waals surface area contributed by atoms with E-state index in [2.05, 4.69) is 0 Å². The van der Waals surface area contributed by atoms with E-state index in [0.717, 1.165) is 0 Å². The molecule has 0 saturated carbocycles. The molecule has 21 heavy (non-hydrogen) atoms. The SMILES string of the molecule is CC(O)C1CCN(C(=O)c2cc(F)c(F)c(F)c2F)CC1. The average Bonchev–Trinajstić information content (AvgIpc) is 2.48. The van der Waals surface area contributed by atoms with Gasteiger partial charge in [0, 0.05) is 13.1 Å². The van der Waals surface area contributed by atoms with Gasteiger partial charge in [0.1, 0.15) is 0 Å². The van der Waals surface area contributed by atoms with Gasteiger partial charge in [-0.3, -0.25) is 4.79 Å². The van der Waals surface area contributed by atoms with Crippen LogP contribution in [0.4, 0.5) is 17.6 Å². The number of likely N-dealkylation sites (tertiary alicyclic amines) is 1. The number of benzene rings is 1. The van der Waals surface area contributed by atoms with Crippen LogP contribution < -0.4 is 0 Å². The van der Waals surface area contributed by atoms with Crippen LogP contribution in [-0.2, 0) is 0 Å². The smallest absolute Gasteiger partial charge is 0.257 e. The van der Waals surface area contributed by atoms with E-state index in [-0.39, 0.29) is 19.0 Å². The molecule has 1 saturated heterocycles. The number of amides is 1. The summed E-state index contributed by atoms with van der Waals surface area (Å²) in [5.74, 6) is -8.06. The van der Waals surface area contributed by atoms with Gasteiger partial charge in [-0.05, 0) is 31.7 Å². The molecule has 3 nitrogen and oxygen atoms in total. The van der Waals surface area contributed by atoms with Crippen molar-refractivity contribution in [1.29, 1.82) is 0 Å². The van der Waals surface area contributed by atoms with Gasteiger partial charge in [0.05, 0.1) is 11.7 Å². The predicted molar refractivity (Wildman–Crippen MR) is 66.6 cm³/mol. The summed E-state index contributed by atoms with van der Waals surface area (Å²) >= 11 is 0. The highest BCUT2D eigenvalue weighted by atomic mass is 19.2. The molecule has 1 amide bonds. The number of hydrogen-bond acceptors (Lipinski definition) is 2. The van der Waals surface area contributed by atoms with E-state index in [9.17, 15) is 27.5 Å². The number of nitrogens with zero attached hydrogens (tertiary/aromatic N) is 1. The maximum absolute atomic E-state index is 13.6. The molecule has 7 heteroatoms. The first-order chi connectivity index (χ1) is 9.82. The molecule has 1 aliphatic rings. The average molecular weight is 305 g/mol. The second-order valence-corrected chi connectivity index (χ2v) is 5.22. The molecule has 1 aromatic carbocycles. The van der Waals surface area contributed by atoms with Crippen molar-refractivity contribution in [2.24, 2.45) is 5.92 Å². The Balaban J connectivity index is 2.19. The van der Waals surface area contributed by atoms with Gasteiger partial charge in [0.25, 0.3) is 5.91 Å². The summed E-state index contributed by atoms with van der Waals surface area (Å²) in [4.78, 5) is 13.3.